The van der Waals surface area contributed by atoms with Crippen molar-refractivity contribution in [2.24, 2.45) is 0 Å². The number of benzene rings is 1. The molecule has 0 atom stereocenters. The Kier molecular flexibility index (Phi) is 5.21. The molecule has 0 spiro atoms. The molecule has 0 radical (unpaired) electrons. The smallest absolute Gasteiger partial charge is 0.134 e. The number of hydrogen-bond donors (Lipinski definition) is 1. The fourth-order valence-corrected chi connectivity index (χ4v) is 2.52. The highest BCUT2D eigenvalue weighted by atomic mass is 19.1. The Bertz CT molecular complexity index is 577. The third kappa shape index (κ3) is 4.16. The molecule has 0 aliphatic carbocycles. The number of halogens is 1. The Labute approximate surface area is 129 Å². The summed E-state index contributed by atoms with van der Waals surface area (Å²) in [4.78, 5) is 2.39. The van der Waals surface area contributed by atoms with Crippen molar-refractivity contribution in [1.29, 1.82) is 0 Å². The lowest BCUT2D eigenvalue weighted by molar-refractivity contribution is 0.0383. The minimum Gasteiger partial charge on any atom is -0.460 e. The molecule has 0 saturated carbocycles. The molecule has 118 valence electrons. The van der Waals surface area contributed by atoms with Crippen molar-refractivity contribution in [3.05, 3.63) is 48.0 Å². The lowest BCUT2D eigenvalue weighted by atomic mass is 10.2. The second-order valence-electron chi connectivity index (χ2n) is 5.40. The Balaban J connectivity index is 1.44. The summed E-state index contributed by atoms with van der Waals surface area (Å²) in [5, 5.41) is 3.39. The molecule has 1 aromatic carbocycles. The molecule has 0 bridgehead atoms. The van der Waals surface area contributed by atoms with E-state index in [1.54, 1.807) is 12.1 Å². The second-order valence-corrected chi connectivity index (χ2v) is 5.40. The van der Waals surface area contributed by atoms with Gasteiger partial charge >= 0.3 is 0 Å². The molecule has 5 heteroatoms. The summed E-state index contributed by atoms with van der Waals surface area (Å²) in [5.41, 5.74) is 0.890. The van der Waals surface area contributed by atoms with Gasteiger partial charge in [-0.25, -0.2) is 4.39 Å². The molecule has 4 nitrogen and oxygen atoms in total. The Morgan fingerprint density at radius 2 is 1.82 bits per heavy atom. The van der Waals surface area contributed by atoms with Crippen LogP contribution in [0.25, 0.3) is 11.3 Å². The van der Waals surface area contributed by atoms with E-state index >= 15 is 0 Å². The number of nitrogens with one attached hydrogen (secondary N) is 1. The van der Waals surface area contributed by atoms with E-state index in [-0.39, 0.29) is 5.82 Å². The van der Waals surface area contributed by atoms with E-state index in [9.17, 15) is 4.39 Å². The van der Waals surface area contributed by atoms with Crippen LogP contribution in [0.3, 0.4) is 0 Å². The maximum atomic E-state index is 12.9. The van der Waals surface area contributed by atoms with Crippen molar-refractivity contribution >= 4 is 0 Å². The van der Waals surface area contributed by atoms with Crippen LogP contribution in [-0.2, 0) is 11.3 Å². The molecule has 1 saturated heterocycles. The lowest BCUT2D eigenvalue weighted by Crippen LogP contribution is -2.40. The van der Waals surface area contributed by atoms with Crippen molar-refractivity contribution in [3.63, 3.8) is 0 Å². The van der Waals surface area contributed by atoms with E-state index in [1.807, 2.05) is 12.1 Å². The molecule has 22 heavy (non-hydrogen) atoms. The van der Waals surface area contributed by atoms with Gasteiger partial charge in [-0.15, -0.1) is 0 Å². The molecule has 2 aromatic rings. The zero-order valence-electron chi connectivity index (χ0n) is 12.6. The summed E-state index contributed by atoms with van der Waals surface area (Å²) in [6.45, 7) is 6.33. The van der Waals surface area contributed by atoms with Gasteiger partial charge in [-0.05, 0) is 36.4 Å². The van der Waals surface area contributed by atoms with E-state index in [0.29, 0.717) is 6.54 Å². The number of nitrogens with zero attached hydrogens (tertiary/aromatic N) is 1. The van der Waals surface area contributed by atoms with E-state index in [0.717, 1.165) is 56.5 Å². The lowest BCUT2D eigenvalue weighted by Gasteiger charge is -2.26. The SMILES string of the molecule is Fc1ccc(-c2ccc(CNCCN3CCOCC3)o2)cc1. The number of ether oxygens (including phenoxy) is 1. The fraction of sp³-hybridized carbons (Fsp3) is 0.412. The van der Waals surface area contributed by atoms with Gasteiger partial charge in [0.2, 0.25) is 0 Å². The summed E-state index contributed by atoms with van der Waals surface area (Å²) in [5.74, 6) is 1.42. The predicted octanol–water partition coefficient (Wildman–Crippen LogP) is 2.51. The van der Waals surface area contributed by atoms with Gasteiger partial charge in [-0.1, -0.05) is 0 Å². The van der Waals surface area contributed by atoms with E-state index in [1.165, 1.54) is 12.1 Å². The second kappa shape index (κ2) is 7.54. The minimum atomic E-state index is -0.236. The third-order valence-corrected chi connectivity index (χ3v) is 3.80. The largest absolute Gasteiger partial charge is 0.460 e. The van der Waals surface area contributed by atoms with Gasteiger partial charge in [0.15, 0.2) is 0 Å². The van der Waals surface area contributed by atoms with Crippen molar-refractivity contribution in [3.8, 4) is 11.3 Å². The number of rotatable bonds is 6. The first-order chi connectivity index (χ1) is 10.8. The molecule has 2 heterocycles. The Morgan fingerprint density at radius 1 is 1.05 bits per heavy atom. The topological polar surface area (TPSA) is 37.6 Å². The molecule has 1 fully saturated rings. The molecular formula is C17H21FN2O2. The van der Waals surface area contributed by atoms with Crippen LogP contribution in [0.5, 0.6) is 0 Å². The summed E-state index contributed by atoms with van der Waals surface area (Å²) in [6.07, 6.45) is 0. The number of furan rings is 1. The summed E-state index contributed by atoms with van der Waals surface area (Å²) >= 11 is 0. The highest BCUT2D eigenvalue weighted by Gasteiger charge is 2.09. The van der Waals surface area contributed by atoms with Crippen molar-refractivity contribution in [2.45, 2.75) is 6.54 Å². The molecule has 1 aliphatic rings. The first-order valence-corrected chi connectivity index (χ1v) is 7.67. The van der Waals surface area contributed by atoms with Gasteiger partial charge in [0.05, 0.1) is 19.8 Å². The average molecular weight is 304 g/mol. The van der Waals surface area contributed by atoms with Gasteiger partial charge < -0.3 is 14.5 Å². The van der Waals surface area contributed by atoms with Crippen LogP contribution in [0.4, 0.5) is 4.39 Å². The zero-order valence-corrected chi connectivity index (χ0v) is 12.6. The standard InChI is InChI=1S/C17H21FN2O2/c18-15-3-1-14(2-4-15)17-6-5-16(22-17)13-19-7-8-20-9-11-21-12-10-20/h1-6,19H,7-13H2. The maximum absolute atomic E-state index is 12.9. The molecular weight excluding hydrogens is 283 g/mol. The van der Waals surface area contributed by atoms with Gasteiger partial charge in [0.1, 0.15) is 17.3 Å². The van der Waals surface area contributed by atoms with Crippen LogP contribution < -0.4 is 5.32 Å². The predicted molar refractivity (Wildman–Crippen MR) is 83.1 cm³/mol. The fourth-order valence-electron chi connectivity index (χ4n) is 2.52. The van der Waals surface area contributed by atoms with Crippen LogP contribution in [0.2, 0.25) is 0 Å². The number of hydrogen-bond acceptors (Lipinski definition) is 4. The van der Waals surface area contributed by atoms with Crippen LogP contribution in [0, 0.1) is 5.82 Å². The van der Waals surface area contributed by atoms with Crippen LogP contribution >= 0.6 is 0 Å². The van der Waals surface area contributed by atoms with Crippen molar-refractivity contribution in [2.75, 3.05) is 39.4 Å². The summed E-state index contributed by atoms with van der Waals surface area (Å²) in [6, 6.07) is 10.2. The Morgan fingerprint density at radius 3 is 2.59 bits per heavy atom. The van der Waals surface area contributed by atoms with E-state index in [2.05, 4.69) is 10.2 Å². The summed E-state index contributed by atoms with van der Waals surface area (Å²) in [7, 11) is 0. The molecule has 3 rings (SSSR count). The van der Waals surface area contributed by atoms with Crippen LogP contribution in [-0.4, -0.2) is 44.3 Å². The van der Waals surface area contributed by atoms with Gasteiger partial charge in [-0.2, -0.15) is 0 Å². The van der Waals surface area contributed by atoms with Gasteiger partial charge in [0, 0.05) is 31.7 Å². The van der Waals surface area contributed by atoms with Gasteiger partial charge in [0.25, 0.3) is 0 Å². The quantitative estimate of drug-likeness (QED) is 0.832. The zero-order chi connectivity index (χ0) is 15.2. The molecule has 1 aliphatic heterocycles. The normalized spacial score (nSPS) is 16.0. The maximum Gasteiger partial charge on any atom is 0.134 e. The average Bonchev–Trinajstić information content (AvgIpc) is 3.02. The molecule has 0 amide bonds. The third-order valence-electron chi connectivity index (χ3n) is 3.80. The highest BCUT2D eigenvalue weighted by Crippen LogP contribution is 2.22. The number of morpholine rings is 1. The Hall–Kier alpha value is -1.69. The van der Waals surface area contributed by atoms with Crippen molar-refractivity contribution < 1.29 is 13.5 Å². The first kappa shape index (κ1) is 15.2. The van der Waals surface area contributed by atoms with E-state index < -0.39 is 0 Å². The minimum absolute atomic E-state index is 0.236. The van der Waals surface area contributed by atoms with Gasteiger partial charge in [-0.3, -0.25) is 4.90 Å². The van der Waals surface area contributed by atoms with Crippen LogP contribution in [0.1, 0.15) is 5.76 Å². The highest BCUT2D eigenvalue weighted by molar-refractivity contribution is 5.57. The molecule has 1 aromatic heterocycles. The summed E-state index contributed by atoms with van der Waals surface area (Å²) < 4.78 is 24.0. The monoisotopic (exact) mass is 304 g/mol. The van der Waals surface area contributed by atoms with Crippen molar-refractivity contribution in [1.82, 2.24) is 10.2 Å². The molecule has 0 unspecified atom stereocenters. The van der Waals surface area contributed by atoms with Crippen LogP contribution in [0.15, 0.2) is 40.8 Å². The first-order valence-electron chi connectivity index (χ1n) is 7.67. The molecule has 1 N–H and O–H groups in total. The van der Waals surface area contributed by atoms with E-state index in [4.69, 9.17) is 9.15 Å².